The molecule has 0 fully saturated rings. The number of nitrogens with two attached hydrogens (primary N) is 1. The number of fused-ring (bicyclic) bond motifs is 3. The third kappa shape index (κ3) is 2.51. The number of nitrogens with zero attached hydrogens (tertiary/aromatic N) is 7. The van der Waals surface area contributed by atoms with Gasteiger partial charge in [-0.15, -0.1) is 11.3 Å². The third-order valence-electron chi connectivity index (χ3n) is 4.45. The number of hydrogen-bond acceptors (Lipinski definition) is 7. The molecule has 0 aromatic carbocycles. The Bertz CT molecular complexity index is 1320. The van der Waals surface area contributed by atoms with Crippen LogP contribution >= 0.6 is 11.3 Å². The van der Waals surface area contributed by atoms with Gasteiger partial charge in [-0.1, -0.05) is 0 Å². The predicted molar refractivity (Wildman–Crippen MR) is 101 cm³/mol. The van der Waals surface area contributed by atoms with E-state index in [1.54, 1.807) is 36.0 Å². The first-order chi connectivity index (χ1) is 13.1. The molecule has 5 heterocycles. The summed E-state index contributed by atoms with van der Waals surface area (Å²) in [5.41, 5.74) is 2.86. The Morgan fingerprint density at radius 3 is 2.96 bits per heavy atom. The van der Waals surface area contributed by atoms with E-state index >= 15 is 0 Å². The molecule has 0 spiro atoms. The maximum atomic E-state index is 12.9. The molecular formula is C16H15N9OS. The Labute approximate surface area is 155 Å². The second-order valence-electron chi connectivity index (χ2n) is 6.23. The van der Waals surface area contributed by atoms with E-state index in [0.717, 1.165) is 26.4 Å². The van der Waals surface area contributed by atoms with Gasteiger partial charge in [-0.2, -0.15) is 20.1 Å². The summed E-state index contributed by atoms with van der Waals surface area (Å²) in [5.74, 6) is 5.57. The van der Waals surface area contributed by atoms with Gasteiger partial charge < -0.3 is 10.4 Å². The average Bonchev–Trinajstić information content (AvgIpc) is 3.40. The van der Waals surface area contributed by atoms with Gasteiger partial charge in [0, 0.05) is 36.9 Å². The maximum Gasteiger partial charge on any atom is 0.291 e. The van der Waals surface area contributed by atoms with Crippen molar-refractivity contribution >= 4 is 32.6 Å². The monoisotopic (exact) mass is 381 g/mol. The van der Waals surface area contributed by atoms with Crippen molar-refractivity contribution in [2.24, 2.45) is 7.05 Å². The molecule has 5 aromatic rings. The Morgan fingerprint density at radius 2 is 2.22 bits per heavy atom. The van der Waals surface area contributed by atoms with Crippen LogP contribution in [0.1, 0.15) is 16.4 Å². The lowest BCUT2D eigenvalue weighted by molar-refractivity contribution is 0.623. The van der Waals surface area contributed by atoms with Crippen molar-refractivity contribution in [3.05, 3.63) is 57.5 Å². The smallest absolute Gasteiger partial charge is 0.291 e. The number of hydrogen-bond donors (Lipinski definition) is 2. The van der Waals surface area contributed by atoms with Crippen molar-refractivity contribution in [2.75, 3.05) is 5.84 Å². The Kier molecular flexibility index (Phi) is 3.37. The highest BCUT2D eigenvalue weighted by Gasteiger charge is 2.18. The molecule has 0 saturated carbocycles. The summed E-state index contributed by atoms with van der Waals surface area (Å²) in [6.07, 6.45) is 5.74. The highest BCUT2D eigenvalue weighted by atomic mass is 32.1. The van der Waals surface area contributed by atoms with Gasteiger partial charge in [-0.05, 0) is 12.1 Å². The van der Waals surface area contributed by atoms with Gasteiger partial charge >= 0.3 is 0 Å². The van der Waals surface area contributed by atoms with E-state index in [2.05, 4.69) is 20.4 Å². The van der Waals surface area contributed by atoms with Crippen LogP contribution in [-0.4, -0.2) is 39.4 Å². The first kappa shape index (κ1) is 15.8. The summed E-state index contributed by atoms with van der Waals surface area (Å²) >= 11 is 1.57. The topological polar surface area (TPSA) is 125 Å². The second kappa shape index (κ2) is 5.77. The fourth-order valence-corrected chi connectivity index (χ4v) is 4.31. The summed E-state index contributed by atoms with van der Waals surface area (Å²) < 4.78 is 4.18. The number of H-pyrrole nitrogens is 1. The molecule has 136 valence electrons. The minimum atomic E-state index is -0.179. The van der Waals surface area contributed by atoms with Gasteiger partial charge in [-0.3, -0.25) is 9.89 Å². The normalized spacial score (nSPS) is 11.7. The van der Waals surface area contributed by atoms with Crippen LogP contribution in [0.2, 0.25) is 0 Å². The summed E-state index contributed by atoms with van der Waals surface area (Å²) in [5, 5.41) is 17.1. The van der Waals surface area contributed by atoms with Crippen molar-refractivity contribution in [1.29, 1.82) is 0 Å². The highest BCUT2D eigenvalue weighted by molar-refractivity contribution is 7.19. The van der Waals surface area contributed by atoms with E-state index in [9.17, 15) is 4.79 Å². The van der Waals surface area contributed by atoms with Gasteiger partial charge in [0.15, 0.2) is 5.65 Å². The zero-order valence-corrected chi connectivity index (χ0v) is 15.1. The van der Waals surface area contributed by atoms with Crippen molar-refractivity contribution in [2.45, 2.75) is 13.0 Å². The minimum Gasteiger partial charge on any atom is -0.323 e. The van der Waals surface area contributed by atoms with E-state index in [-0.39, 0.29) is 12.1 Å². The maximum absolute atomic E-state index is 12.9. The second-order valence-corrected chi connectivity index (χ2v) is 7.32. The lowest BCUT2D eigenvalue weighted by atomic mass is 10.3. The standard InChI is InChI=1S/C16H15N9OS/c1-23-13-11(7-19-24(16(13)26)8-10-3-5-25(17)22-10)14-15(23)20-12(27-14)6-9-2-4-18-21-9/h2-5,7H,6,8,17H2,1H3,(H,18,21). The van der Waals surface area contributed by atoms with Crippen LogP contribution in [0.15, 0.2) is 35.5 Å². The number of rotatable bonds is 4. The van der Waals surface area contributed by atoms with Gasteiger partial charge in [0.05, 0.1) is 23.1 Å². The lowest BCUT2D eigenvalue weighted by Crippen LogP contribution is -2.25. The number of nitrogen functional groups attached to an aromatic ring is 1. The van der Waals surface area contributed by atoms with E-state index in [4.69, 9.17) is 10.8 Å². The van der Waals surface area contributed by atoms with E-state index < -0.39 is 0 Å². The molecule has 0 atom stereocenters. The summed E-state index contributed by atoms with van der Waals surface area (Å²) in [6.45, 7) is 0.260. The molecule has 11 heteroatoms. The molecule has 0 aliphatic heterocycles. The molecule has 3 N–H and O–H groups in total. The molecule has 27 heavy (non-hydrogen) atoms. The molecule has 10 nitrogen and oxygen atoms in total. The fourth-order valence-electron chi connectivity index (χ4n) is 3.18. The Hall–Kier alpha value is -3.47. The van der Waals surface area contributed by atoms with Crippen LogP contribution in [-0.2, 0) is 20.0 Å². The fraction of sp³-hybridized carbons (Fsp3) is 0.188. The number of aromatic amines is 1. The van der Waals surface area contributed by atoms with Crippen molar-refractivity contribution in [1.82, 2.24) is 39.4 Å². The van der Waals surface area contributed by atoms with Crippen molar-refractivity contribution in [3.8, 4) is 0 Å². The van der Waals surface area contributed by atoms with Crippen molar-refractivity contribution in [3.63, 3.8) is 0 Å². The van der Waals surface area contributed by atoms with Crippen LogP contribution in [0.3, 0.4) is 0 Å². The molecule has 0 aliphatic rings. The number of aryl methyl sites for hydroxylation is 1. The Morgan fingerprint density at radius 1 is 1.33 bits per heavy atom. The quantitative estimate of drug-likeness (QED) is 0.440. The molecular weight excluding hydrogens is 366 g/mol. The largest absolute Gasteiger partial charge is 0.323 e. The van der Waals surface area contributed by atoms with Gasteiger partial charge in [0.1, 0.15) is 10.5 Å². The summed E-state index contributed by atoms with van der Waals surface area (Å²) in [6, 6.07) is 3.68. The molecule has 0 unspecified atom stereocenters. The van der Waals surface area contributed by atoms with E-state index in [0.29, 0.717) is 17.6 Å². The molecule has 5 rings (SSSR count). The van der Waals surface area contributed by atoms with Gasteiger partial charge in [-0.25, -0.2) is 9.67 Å². The molecule has 0 radical (unpaired) electrons. The first-order valence-corrected chi connectivity index (χ1v) is 9.03. The Balaban J connectivity index is 1.60. The van der Waals surface area contributed by atoms with Crippen LogP contribution < -0.4 is 11.4 Å². The molecule has 0 saturated heterocycles. The average molecular weight is 381 g/mol. The van der Waals surface area contributed by atoms with E-state index in [1.807, 2.05) is 17.7 Å². The summed E-state index contributed by atoms with van der Waals surface area (Å²) in [4.78, 5) is 18.9. The summed E-state index contributed by atoms with van der Waals surface area (Å²) in [7, 11) is 1.85. The zero-order chi connectivity index (χ0) is 18.5. The minimum absolute atomic E-state index is 0.179. The predicted octanol–water partition coefficient (Wildman–Crippen LogP) is 0.617. The van der Waals surface area contributed by atoms with Gasteiger partial charge in [0.25, 0.3) is 5.56 Å². The third-order valence-corrected chi connectivity index (χ3v) is 5.52. The zero-order valence-electron chi connectivity index (χ0n) is 14.3. The molecule has 0 aliphatic carbocycles. The van der Waals surface area contributed by atoms with Crippen LogP contribution in [0, 0.1) is 0 Å². The molecule has 0 bridgehead atoms. The number of aromatic nitrogens is 8. The highest BCUT2D eigenvalue weighted by Crippen LogP contribution is 2.31. The van der Waals surface area contributed by atoms with Crippen LogP contribution in [0.4, 0.5) is 0 Å². The van der Waals surface area contributed by atoms with E-state index in [1.165, 1.54) is 9.47 Å². The van der Waals surface area contributed by atoms with Crippen LogP contribution in [0.25, 0.3) is 21.3 Å². The molecule has 0 amide bonds. The van der Waals surface area contributed by atoms with Crippen molar-refractivity contribution < 1.29 is 0 Å². The van der Waals surface area contributed by atoms with Gasteiger partial charge in [0.2, 0.25) is 0 Å². The number of thiazole rings is 1. The lowest BCUT2D eigenvalue weighted by Gasteiger charge is -2.03. The number of nitrogens with one attached hydrogen (secondary N) is 1. The SMILES string of the molecule is Cn1c2nc(Cc3ccn[nH]3)sc2c2cnn(Cc3ccn(N)n3)c(=O)c21. The van der Waals surface area contributed by atoms with Crippen LogP contribution in [0.5, 0.6) is 0 Å². The molecule has 5 aromatic heterocycles. The first-order valence-electron chi connectivity index (χ1n) is 8.22.